The van der Waals surface area contributed by atoms with Gasteiger partial charge in [-0.3, -0.25) is 9.78 Å². The van der Waals surface area contributed by atoms with Gasteiger partial charge < -0.3 is 0 Å². The first-order valence-electron chi connectivity index (χ1n) is 3.05. The van der Waals surface area contributed by atoms with Crippen LogP contribution in [0.15, 0.2) is 24.5 Å². The molecule has 11 heavy (non-hydrogen) atoms. The van der Waals surface area contributed by atoms with Crippen molar-refractivity contribution < 1.29 is 9.28 Å². The number of amides is 1. The van der Waals surface area contributed by atoms with Gasteiger partial charge in [-0.2, -0.15) is 5.12 Å². The van der Waals surface area contributed by atoms with Crippen LogP contribution in [0.5, 0.6) is 0 Å². The van der Waals surface area contributed by atoms with Crippen molar-refractivity contribution in [1.29, 1.82) is 0 Å². The van der Waals surface area contributed by atoms with Crippen LogP contribution in [-0.2, 0) is 0 Å². The largest absolute Gasteiger partial charge is 0.282 e. The Morgan fingerprint density at radius 1 is 1.73 bits per heavy atom. The molecule has 0 saturated carbocycles. The maximum Gasteiger partial charge on any atom is 0.282 e. The Morgan fingerprint density at radius 3 is 2.91 bits per heavy atom. The molecule has 1 rings (SSSR count). The highest BCUT2D eigenvalue weighted by molar-refractivity contribution is 5.92. The van der Waals surface area contributed by atoms with Gasteiger partial charge in [0, 0.05) is 19.4 Å². The normalized spacial score (nSPS) is 9.27. The summed E-state index contributed by atoms with van der Waals surface area (Å²) in [6, 6.07) is 3.09. The van der Waals surface area contributed by atoms with Crippen molar-refractivity contribution in [2.45, 2.75) is 0 Å². The first-order valence-corrected chi connectivity index (χ1v) is 3.05. The van der Waals surface area contributed by atoms with E-state index in [0.717, 1.165) is 7.05 Å². The predicted octanol–water partition coefficient (Wildman–Crippen LogP) is 1.04. The molecule has 1 amide bonds. The highest BCUT2D eigenvalue weighted by Gasteiger charge is 2.09. The molecular formula is C7H7FN2O. The topological polar surface area (TPSA) is 33.2 Å². The van der Waals surface area contributed by atoms with Crippen LogP contribution in [-0.4, -0.2) is 23.1 Å². The lowest BCUT2D eigenvalue weighted by Gasteiger charge is -2.03. The smallest absolute Gasteiger partial charge is 0.266 e. The van der Waals surface area contributed by atoms with Crippen LogP contribution in [0.25, 0.3) is 0 Å². The SMILES string of the molecule is CN(F)C(=O)c1cccnc1. The molecule has 1 heterocycles. The van der Waals surface area contributed by atoms with E-state index in [2.05, 4.69) is 4.98 Å². The molecular weight excluding hydrogens is 147 g/mol. The fourth-order valence-corrected chi connectivity index (χ4v) is 0.667. The van der Waals surface area contributed by atoms with Gasteiger partial charge in [-0.1, -0.05) is 4.48 Å². The highest BCUT2D eigenvalue weighted by Crippen LogP contribution is 2.00. The molecule has 0 aromatic carbocycles. The molecule has 0 aliphatic rings. The summed E-state index contributed by atoms with van der Waals surface area (Å²) >= 11 is 0. The minimum atomic E-state index is -0.682. The number of halogens is 1. The van der Waals surface area contributed by atoms with Crippen LogP contribution in [0.2, 0.25) is 0 Å². The Labute approximate surface area is 63.4 Å². The van der Waals surface area contributed by atoms with Crippen LogP contribution in [0.1, 0.15) is 10.4 Å². The van der Waals surface area contributed by atoms with Crippen LogP contribution in [0, 0.1) is 0 Å². The zero-order chi connectivity index (χ0) is 8.27. The Kier molecular flexibility index (Phi) is 2.15. The van der Waals surface area contributed by atoms with Crippen molar-refractivity contribution in [3.8, 4) is 0 Å². The zero-order valence-electron chi connectivity index (χ0n) is 5.99. The average molecular weight is 154 g/mol. The molecule has 3 nitrogen and oxygen atoms in total. The first-order chi connectivity index (χ1) is 5.22. The van der Waals surface area contributed by atoms with Crippen LogP contribution < -0.4 is 0 Å². The van der Waals surface area contributed by atoms with Crippen molar-refractivity contribution in [1.82, 2.24) is 10.1 Å². The van der Waals surface area contributed by atoms with Crippen LogP contribution in [0.4, 0.5) is 4.48 Å². The Balaban J connectivity index is 2.86. The Bertz CT molecular complexity index is 248. The third-order valence-electron chi connectivity index (χ3n) is 1.19. The Hall–Kier alpha value is -1.45. The van der Waals surface area contributed by atoms with E-state index in [9.17, 15) is 9.28 Å². The predicted molar refractivity (Wildman–Crippen MR) is 37.4 cm³/mol. The summed E-state index contributed by atoms with van der Waals surface area (Å²) in [5.74, 6) is -0.682. The van der Waals surface area contributed by atoms with Crippen LogP contribution in [0.3, 0.4) is 0 Å². The highest BCUT2D eigenvalue weighted by atomic mass is 19.2. The average Bonchev–Trinajstić information content (AvgIpc) is 2.05. The minimum Gasteiger partial charge on any atom is -0.266 e. The first kappa shape index (κ1) is 7.65. The minimum absolute atomic E-state index is 0.0248. The Morgan fingerprint density at radius 2 is 2.45 bits per heavy atom. The summed E-state index contributed by atoms with van der Waals surface area (Å²) in [6.07, 6.45) is 2.84. The lowest BCUT2D eigenvalue weighted by molar-refractivity contribution is 0.0342. The fraction of sp³-hybridized carbons (Fsp3) is 0.143. The number of hydrogen-bond donors (Lipinski definition) is 0. The van der Waals surface area contributed by atoms with E-state index in [4.69, 9.17) is 0 Å². The quantitative estimate of drug-likeness (QED) is 0.566. The van der Waals surface area contributed by atoms with E-state index in [1.54, 1.807) is 6.07 Å². The van der Waals surface area contributed by atoms with Gasteiger partial charge in [0.15, 0.2) is 0 Å². The van der Waals surface area contributed by atoms with Crippen LogP contribution >= 0.6 is 0 Å². The van der Waals surface area contributed by atoms with E-state index in [0.29, 0.717) is 0 Å². The van der Waals surface area contributed by atoms with Gasteiger partial charge in [0.2, 0.25) is 0 Å². The number of carbonyl (C=O) groups excluding carboxylic acids is 1. The number of nitrogens with zero attached hydrogens (tertiary/aromatic N) is 2. The molecule has 1 aromatic heterocycles. The second kappa shape index (κ2) is 3.09. The molecule has 0 radical (unpaired) electrons. The zero-order valence-corrected chi connectivity index (χ0v) is 5.99. The molecule has 0 fully saturated rings. The third-order valence-corrected chi connectivity index (χ3v) is 1.19. The number of pyridine rings is 1. The number of rotatable bonds is 1. The molecule has 0 N–H and O–H groups in total. The summed E-state index contributed by atoms with van der Waals surface area (Å²) in [6.45, 7) is 0. The molecule has 0 saturated heterocycles. The van der Waals surface area contributed by atoms with E-state index in [-0.39, 0.29) is 10.7 Å². The summed E-state index contributed by atoms with van der Waals surface area (Å²) in [4.78, 5) is 14.5. The lowest BCUT2D eigenvalue weighted by atomic mass is 10.3. The maximum atomic E-state index is 12.2. The van der Waals surface area contributed by atoms with E-state index < -0.39 is 5.91 Å². The molecule has 0 atom stereocenters. The maximum absolute atomic E-state index is 12.2. The number of aromatic nitrogens is 1. The summed E-state index contributed by atoms with van der Waals surface area (Å²) in [7, 11) is 1.05. The van der Waals surface area contributed by atoms with Crippen molar-refractivity contribution in [2.75, 3.05) is 7.05 Å². The van der Waals surface area contributed by atoms with E-state index >= 15 is 0 Å². The van der Waals surface area contributed by atoms with Gasteiger partial charge in [0.1, 0.15) is 0 Å². The van der Waals surface area contributed by atoms with Crippen molar-refractivity contribution in [2.24, 2.45) is 0 Å². The second-order valence-corrected chi connectivity index (χ2v) is 2.02. The van der Waals surface area contributed by atoms with Gasteiger partial charge in [-0.05, 0) is 12.1 Å². The number of carbonyl (C=O) groups is 1. The fourth-order valence-electron chi connectivity index (χ4n) is 0.667. The molecule has 1 aromatic rings. The summed E-state index contributed by atoms with van der Waals surface area (Å²) < 4.78 is 12.2. The second-order valence-electron chi connectivity index (χ2n) is 2.02. The third kappa shape index (κ3) is 1.73. The molecule has 0 spiro atoms. The summed E-state index contributed by atoms with van der Waals surface area (Å²) in [5, 5.41) is 0.0248. The monoisotopic (exact) mass is 154 g/mol. The van der Waals surface area contributed by atoms with Gasteiger partial charge >= 0.3 is 0 Å². The van der Waals surface area contributed by atoms with Crippen molar-refractivity contribution >= 4 is 5.91 Å². The van der Waals surface area contributed by atoms with Crippen molar-refractivity contribution in [3.63, 3.8) is 0 Å². The molecule has 58 valence electrons. The molecule has 0 aliphatic heterocycles. The number of hydrogen-bond acceptors (Lipinski definition) is 2. The van der Waals surface area contributed by atoms with Gasteiger partial charge in [0.05, 0.1) is 5.56 Å². The van der Waals surface area contributed by atoms with Gasteiger partial charge in [0.25, 0.3) is 5.91 Å². The van der Waals surface area contributed by atoms with E-state index in [1.165, 1.54) is 18.5 Å². The molecule has 0 aliphatic carbocycles. The molecule has 0 bridgehead atoms. The molecule has 0 unspecified atom stereocenters. The summed E-state index contributed by atoms with van der Waals surface area (Å²) in [5.41, 5.74) is 0.248. The van der Waals surface area contributed by atoms with E-state index in [1.807, 2.05) is 0 Å². The van der Waals surface area contributed by atoms with Crippen molar-refractivity contribution in [3.05, 3.63) is 30.1 Å². The van der Waals surface area contributed by atoms with Gasteiger partial charge in [-0.15, -0.1) is 0 Å². The standard InChI is InChI=1S/C7H7FN2O/c1-10(8)7(11)6-3-2-4-9-5-6/h2-5H,1H3. The lowest BCUT2D eigenvalue weighted by Crippen LogP contribution is -2.17. The molecule has 4 heteroatoms. The van der Waals surface area contributed by atoms with Gasteiger partial charge in [-0.25, -0.2) is 0 Å².